The van der Waals surface area contributed by atoms with E-state index in [4.69, 9.17) is 27.6 Å². The number of carbonyl (C=O) groups is 1. The highest BCUT2D eigenvalue weighted by Crippen LogP contribution is 2.34. The number of piperazine rings is 1. The average Bonchev–Trinajstić information content (AvgIpc) is 3.43. The number of nitrogens with zero attached hydrogens (tertiary/aromatic N) is 3. The molecular weight excluding hydrogens is 477 g/mol. The van der Waals surface area contributed by atoms with Crippen LogP contribution in [0.1, 0.15) is 11.3 Å². The molecule has 1 saturated heterocycles. The van der Waals surface area contributed by atoms with E-state index in [1.807, 2.05) is 18.2 Å². The minimum atomic E-state index is -0.233. The molecule has 0 unspecified atom stereocenters. The van der Waals surface area contributed by atoms with Crippen molar-refractivity contribution in [1.82, 2.24) is 4.90 Å². The Morgan fingerprint density at radius 2 is 1.73 bits per heavy atom. The number of amides is 1. The number of benzene rings is 2. The van der Waals surface area contributed by atoms with Crippen molar-refractivity contribution in [2.24, 2.45) is 4.99 Å². The van der Waals surface area contributed by atoms with Crippen molar-refractivity contribution in [3.05, 3.63) is 80.9 Å². The van der Waals surface area contributed by atoms with Crippen LogP contribution in [0.25, 0.3) is 17.4 Å². The summed E-state index contributed by atoms with van der Waals surface area (Å²) in [4.78, 5) is 22.0. The molecular formula is C25H21Cl2N3O2S. The second-order valence-corrected chi connectivity index (χ2v) is 9.73. The van der Waals surface area contributed by atoms with E-state index < -0.39 is 0 Å². The SMILES string of the molecule is Cc1ccccc1N1CCN(C2=NC(=O)/C(=C/c3ccc(-c4ccc(Cl)c(Cl)c4)o3)S2)CC1. The lowest BCUT2D eigenvalue weighted by Gasteiger charge is -2.37. The van der Waals surface area contributed by atoms with Gasteiger partial charge in [-0.2, -0.15) is 4.99 Å². The van der Waals surface area contributed by atoms with Crippen LogP contribution in [0.15, 0.2) is 68.9 Å². The first-order valence-electron chi connectivity index (χ1n) is 10.6. The van der Waals surface area contributed by atoms with Gasteiger partial charge in [0.05, 0.1) is 15.0 Å². The highest BCUT2D eigenvalue weighted by atomic mass is 35.5. The van der Waals surface area contributed by atoms with Crippen molar-refractivity contribution in [3.63, 3.8) is 0 Å². The second kappa shape index (κ2) is 9.29. The lowest BCUT2D eigenvalue weighted by atomic mass is 10.1. The van der Waals surface area contributed by atoms with E-state index in [9.17, 15) is 4.79 Å². The van der Waals surface area contributed by atoms with Crippen molar-refractivity contribution in [2.45, 2.75) is 6.92 Å². The van der Waals surface area contributed by atoms with Crippen LogP contribution in [-0.4, -0.2) is 42.2 Å². The minimum Gasteiger partial charge on any atom is -0.457 e. The third-order valence-corrected chi connectivity index (χ3v) is 7.50. The van der Waals surface area contributed by atoms with E-state index in [1.54, 1.807) is 18.2 Å². The van der Waals surface area contributed by atoms with Gasteiger partial charge in [-0.3, -0.25) is 4.79 Å². The zero-order valence-electron chi connectivity index (χ0n) is 17.9. The molecule has 3 heterocycles. The Morgan fingerprint density at radius 3 is 2.48 bits per heavy atom. The number of halogens is 2. The first kappa shape index (κ1) is 22.1. The third-order valence-electron chi connectivity index (χ3n) is 5.72. The van der Waals surface area contributed by atoms with E-state index in [1.165, 1.54) is 23.0 Å². The van der Waals surface area contributed by atoms with E-state index in [2.05, 4.69) is 46.0 Å². The van der Waals surface area contributed by atoms with Crippen molar-refractivity contribution in [1.29, 1.82) is 0 Å². The molecule has 0 saturated carbocycles. The van der Waals surface area contributed by atoms with Crippen molar-refractivity contribution < 1.29 is 9.21 Å². The molecule has 168 valence electrons. The van der Waals surface area contributed by atoms with Gasteiger partial charge >= 0.3 is 0 Å². The first-order chi connectivity index (χ1) is 16.0. The summed E-state index contributed by atoms with van der Waals surface area (Å²) in [6, 6.07) is 17.4. The number of furan rings is 1. The van der Waals surface area contributed by atoms with Gasteiger partial charge in [0.2, 0.25) is 0 Å². The number of hydrogen-bond donors (Lipinski definition) is 0. The van der Waals surface area contributed by atoms with Gasteiger partial charge in [0, 0.05) is 43.5 Å². The molecule has 3 aromatic rings. The monoisotopic (exact) mass is 497 g/mol. The van der Waals surface area contributed by atoms with Gasteiger partial charge < -0.3 is 14.2 Å². The van der Waals surface area contributed by atoms with E-state index >= 15 is 0 Å². The van der Waals surface area contributed by atoms with Crippen LogP contribution >= 0.6 is 35.0 Å². The Hall–Kier alpha value is -2.67. The third kappa shape index (κ3) is 4.69. The van der Waals surface area contributed by atoms with Crippen molar-refractivity contribution in [2.75, 3.05) is 31.1 Å². The second-order valence-electron chi connectivity index (χ2n) is 7.90. The molecule has 0 atom stereocenters. The molecule has 5 rings (SSSR count). The Morgan fingerprint density at radius 1 is 0.970 bits per heavy atom. The van der Waals surface area contributed by atoms with Gasteiger partial charge in [-0.25, -0.2) is 0 Å². The van der Waals surface area contributed by atoms with Crippen LogP contribution < -0.4 is 4.90 Å². The zero-order chi connectivity index (χ0) is 22.9. The fourth-order valence-corrected chi connectivity index (χ4v) is 5.20. The van der Waals surface area contributed by atoms with Gasteiger partial charge in [-0.1, -0.05) is 41.4 Å². The van der Waals surface area contributed by atoms with Gasteiger partial charge in [0.15, 0.2) is 5.17 Å². The van der Waals surface area contributed by atoms with Gasteiger partial charge in [-0.05, 0) is 60.6 Å². The predicted octanol–water partition coefficient (Wildman–Crippen LogP) is 6.35. The van der Waals surface area contributed by atoms with Crippen LogP contribution in [0.2, 0.25) is 10.0 Å². The maximum atomic E-state index is 12.5. The molecule has 8 heteroatoms. The molecule has 2 aromatic carbocycles. The molecule has 0 radical (unpaired) electrons. The summed E-state index contributed by atoms with van der Waals surface area (Å²) in [5, 5.41) is 1.71. The Kier molecular flexibility index (Phi) is 6.23. The number of hydrogen-bond acceptors (Lipinski definition) is 5. The maximum Gasteiger partial charge on any atom is 0.286 e. The summed E-state index contributed by atoms with van der Waals surface area (Å²) in [5.41, 5.74) is 3.37. The molecule has 5 nitrogen and oxygen atoms in total. The normalized spacial score (nSPS) is 17.7. The number of aliphatic imine (C=N–C) groups is 1. The number of aryl methyl sites for hydroxylation is 1. The molecule has 1 amide bonds. The standard InChI is InChI=1S/C25H21Cl2N3O2S/c1-16-4-2-3-5-21(16)29-10-12-30(13-11-29)25-28-24(31)23(33-25)15-18-7-9-22(32-18)17-6-8-19(26)20(27)14-17/h2-9,14-15H,10-13H2,1H3/b23-15-. The number of carbonyl (C=O) groups excluding carboxylic acids is 1. The average molecular weight is 498 g/mol. The molecule has 1 aromatic heterocycles. The summed E-state index contributed by atoms with van der Waals surface area (Å²) in [6.07, 6.45) is 1.74. The number of amidine groups is 1. The summed E-state index contributed by atoms with van der Waals surface area (Å²) in [5.74, 6) is 1.01. The fraction of sp³-hybridized carbons (Fsp3) is 0.200. The largest absolute Gasteiger partial charge is 0.457 e. The smallest absolute Gasteiger partial charge is 0.286 e. The highest BCUT2D eigenvalue weighted by molar-refractivity contribution is 8.18. The minimum absolute atomic E-state index is 0.233. The first-order valence-corrected chi connectivity index (χ1v) is 12.2. The van der Waals surface area contributed by atoms with Crippen LogP contribution in [0.4, 0.5) is 5.69 Å². The summed E-state index contributed by atoms with van der Waals surface area (Å²) in [7, 11) is 0. The molecule has 0 spiro atoms. The number of rotatable bonds is 3. The van der Waals surface area contributed by atoms with Gasteiger partial charge in [0.25, 0.3) is 5.91 Å². The molecule has 0 aliphatic carbocycles. The van der Waals surface area contributed by atoms with Crippen LogP contribution in [0.3, 0.4) is 0 Å². The van der Waals surface area contributed by atoms with E-state index in [0.717, 1.165) is 36.9 Å². The summed E-state index contributed by atoms with van der Waals surface area (Å²) >= 11 is 13.5. The van der Waals surface area contributed by atoms with Crippen molar-refractivity contribution in [3.8, 4) is 11.3 Å². The van der Waals surface area contributed by atoms with Gasteiger partial charge in [0.1, 0.15) is 11.5 Å². The maximum absolute atomic E-state index is 12.5. The van der Waals surface area contributed by atoms with Crippen LogP contribution in [0.5, 0.6) is 0 Å². The number of para-hydroxylation sites is 1. The number of thioether (sulfide) groups is 1. The molecule has 0 N–H and O–H groups in total. The van der Waals surface area contributed by atoms with E-state index in [0.29, 0.717) is 26.5 Å². The fourth-order valence-electron chi connectivity index (χ4n) is 3.95. The highest BCUT2D eigenvalue weighted by Gasteiger charge is 2.29. The molecule has 0 bridgehead atoms. The molecule has 2 aliphatic heterocycles. The summed E-state index contributed by atoms with van der Waals surface area (Å²) in [6.45, 7) is 5.56. The van der Waals surface area contributed by atoms with Crippen molar-refractivity contribution >= 4 is 57.8 Å². The Bertz CT molecular complexity index is 1280. The van der Waals surface area contributed by atoms with Gasteiger partial charge in [-0.15, -0.1) is 0 Å². The number of anilines is 1. The molecule has 2 aliphatic rings. The predicted molar refractivity (Wildman–Crippen MR) is 137 cm³/mol. The molecule has 33 heavy (non-hydrogen) atoms. The van der Waals surface area contributed by atoms with E-state index in [-0.39, 0.29) is 5.91 Å². The topological polar surface area (TPSA) is 49.0 Å². The van der Waals surface area contributed by atoms with Crippen LogP contribution in [0, 0.1) is 6.92 Å². The quantitative estimate of drug-likeness (QED) is 0.394. The Balaban J connectivity index is 1.24. The molecule has 1 fully saturated rings. The lowest BCUT2D eigenvalue weighted by molar-refractivity contribution is -0.113. The van der Waals surface area contributed by atoms with Crippen LogP contribution in [-0.2, 0) is 4.79 Å². The lowest BCUT2D eigenvalue weighted by Crippen LogP contribution is -2.48. The Labute approximate surface area is 206 Å². The summed E-state index contributed by atoms with van der Waals surface area (Å²) < 4.78 is 5.91. The zero-order valence-corrected chi connectivity index (χ0v) is 20.3.